The first-order valence-corrected chi connectivity index (χ1v) is 7.01. The molecule has 0 unspecified atom stereocenters. The Hall–Kier alpha value is -3.34. The highest BCUT2D eigenvalue weighted by Gasteiger charge is 2.12. The second-order valence-corrected chi connectivity index (χ2v) is 4.76. The number of nitrogens with zero attached hydrogens (tertiary/aromatic N) is 1. The summed E-state index contributed by atoms with van der Waals surface area (Å²) in [5, 5.41) is 12.3. The Morgan fingerprint density at radius 3 is 2.30 bits per heavy atom. The monoisotopic (exact) mass is 306 g/mol. The molecule has 0 aliphatic rings. The van der Waals surface area contributed by atoms with Gasteiger partial charge in [-0.2, -0.15) is 0 Å². The van der Waals surface area contributed by atoms with Gasteiger partial charge >= 0.3 is 0 Å². The lowest BCUT2D eigenvalue weighted by atomic mass is 10.2. The van der Waals surface area contributed by atoms with Crippen LogP contribution in [0.2, 0.25) is 0 Å². The van der Waals surface area contributed by atoms with Gasteiger partial charge in [0.1, 0.15) is 17.2 Å². The molecule has 3 rings (SSSR count). The average molecular weight is 306 g/mol. The Bertz CT molecular complexity index is 802. The van der Waals surface area contributed by atoms with Crippen LogP contribution in [0.15, 0.2) is 72.9 Å². The Kier molecular flexibility index (Phi) is 4.20. The van der Waals surface area contributed by atoms with Crippen LogP contribution >= 0.6 is 0 Å². The van der Waals surface area contributed by atoms with E-state index in [0.717, 1.165) is 5.75 Å². The van der Waals surface area contributed by atoms with Crippen LogP contribution in [0.1, 0.15) is 10.5 Å². The van der Waals surface area contributed by atoms with E-state index in [1.165, 1.54) is 12.3 Å². The van der Waals surface area contributed by atoms with Gasteiger partial charge in [-0.1, -0.05) is 18.2 Å². The summed E-state index contributed by atoms with van der Waals surface area (Å²) in [7, 11) is 0. The zero-order chi connectivity index (χ0) is 16.1. The van der Waals surface area contributed by atoms with E-state index in [-0.39, 0.29) is 11.4 Å². The SMILES string of the molecule is O=C(Nc1ccc(Oc2ccccc2)cc1)c1ncccc1O. The van der Waals surface area contributed by atoms with Crippen molar-refractivity contribution < 1.29 is 14.6 Å². The summed E-state index contributed by atoms with van der Waals surface area (Å²) in [6, 6.07) is 19.3. The number of carbonyl (C=O) groups is 1. The van der Waals surface area contributed by atoms with Gasteiger partial charge in [-0.05, 0) is 48.5 Å². The molecule has 1 heterocycles. The van der Waals surface area contributed by atoms with E-state index in [9.17, 15) is 9.90 Å². The first-order chi connectivity index (χ1) is 11.2. The summed E-state index contributed by atoms with van der Waals surface area (Å²) in [6.45, 7) is 0. The molecule has 1 amide bonds. The van der Waals surface area contributed by atoms with Crippen molar-refractivity contribution in [3.8, 4) is 17.2 Å². The number of pyridine rings is 1. The maximum atomic E-state index is 12.0. The third kappa shape index (κ3) is 3.65. The highest BCUT2D eigenvalue weighted by atomic mass is 16.5. The van der Waals surface area contributed by atoms with E-state index in [4.69, 9.17) is 4.74 Å². The molecular weight excluding hydrogens is 292 g/mol. The first-order valence-electron chi connectivity index (χ1n) is 7.01. The van der Waals surface area contributed by atoms with Crippen LogP contribution in [0, 0.1) is 0 Å². The second-order valence-electron chi connectivity index (χ2n) is 4.76. The standard InChI is InChI=1S/C18H14N2O3/c21-16-7-4-12-19-17(16)18(22)20-13-8-10-15(11-9-13)23-14-5-2-1-3-6-14/h1-12,21H,(H,20,22). The molecule has 0 fully saturated rings. The number of nitrogens with one attached hydrogen (secondary N) is 1. The predicted molar refractivity (Wildman–Crippen MR) is 86.8 cm³/mol. The lowest BCUT2D eigenvalue weighted by Crippen LogP contribution is -2.13. The third-order valence-corrected chi connectivity index (χ3v) is 3.09. The molecule has 1 aromatic heterocycles. The summed E-state index contributed by atoms with van der Waals surface area (Å²) >= 11 is 0. The number of aromatic hydroxyl groups is 1. The smallest absolute Gasteiger partial charge is 0.278 e. The maximum absolute atomic E-state index is 12.0. The highest BCUT2D eigenvalue weighted by molar-refractivity contribution is 6.04. The molecule has 114 valence electrons. The fourth-order valence-corrected chi connectivity index (χ4v) is 1.99. The van der Waals surface area contributed by atoms with Gasteiger partial charge in [0.15, 0.2) is 5.69 Å². The van der Waals surface area contributed by atoms with Gasteiger partial charge in [0.05, 0.1) is 0 Å². The van der Waals surface area contributed by atoms with Crippen molar-refractivity contribution >= 4 is 11.6 Å². The van der Waals surface area contributed by atoms with Crippen LogP contribution in [0.25, 0.3) is 0 Å². The van der Waals surface area contributed by atoms with E-state index in [1.54, 1.807) is 30.3 Å². The summed E-state index contributed by atoms with van der Waals surface area (Å²) in [4.78, 5) is 15.9. The molecule has 0 bridgehead atoms. The van der Waals surface area contributed by atoms with Crippen LogP contribution in [0.3, 0.4) is 0 Å². The minimum atomic E-state index is -0.472. The molecule has 5 heteroatoms. The minimum Gasteiger partial charge on any atom is -0.505 e. The summed E-state index contributed by atoms with van der Waals surface area (Å²) < 4.78 is 5.68. The van der Waals surface area contributed by atoms with Gasteiger partial charge in [-0.3, -0.25) is 4.79 Å². The van der Waals surface area contributed by atoms with Gasteiger partial charge in [-0.15, -0.1) is 0 Å². The largest absolute Gasteiger partial charge is 0.505 e. The van der Waals surface area contributed by atoms with Crippen LogP contribution in [0.5, 0.6) is 17.2 Å². The quantitative estimate of drug-likeness (QED) is 0.768. The molecule has 3 aromatic rings. The fraction of sp³-hybridized carbons (Fsp3) is 0. The number of amides is 1. The molecule has 0 atom stereocenters. The Morgan fingerprint density at radius 2 is 1.61 bits per heavy atom. The molecular formula is C18H14N2O3. The molecule has 0 saturated carbocycles. The van der Waals surface area contributed by atoms with Crippen molar-refractivity contribution in [2.75, 3.05) is 5.32 Å². The summed E-state index contributed by atoms with van der Waals surface area (Å²) in [5.74, 6) is 0.770. The molecule has 2 aromatic carbocycles. The number of benzene rings is 2. The van der Waals surface area contributed by atoms with Crippen molar-refractivity contribution in [3.05, 3.63) is 78.6 Å². The number of hydrogen-bond donors (Lipinski definition) is 2. The fourth-order valence-electron chi connectivity index (χ4n) is 1.99. The normalized spacial score (nSPS) is 10.1. The van der Waals surface area contributed by atoms with Crippen LogP contribution in [0.4, 0.5) is 5.69 Å². The number of ether oxygens (including phenoxy) is 1. The lowest BCUT2D eigenvalue weighted by Gasteiger charge is -2.08. The number of aromatic nitrogens is 1. The number of rotatable bonds is 4. The number of anilines is 1. The second kappa shape index (κ2) is 6.62. The van der Waals surface area contributed by atoms with E-state index >= 15 is 0 Å². The van der Waals surface area contributed by atoms with Crippen LogP contribution < -0.4 is 10.1 Å². The number of hydrogen-bond acceptors (Lipinski definition) is 4. The zero-order valence-corrected chi connectivity index (χ0v) is 12.1. The Balaban J connectivity index is 1.68. The molecule has 0 aliphatic heterocycles. The average Bonchev–Trinajstić information content (AvgIpc) is 2.58. The summed E-state index contributed by atoms with van der Waals surface area (Å²) in [5.41, 5.74) is 0.567. The van der Waals surface area contributed by atoms with Crippen LogP contribution in [-0.2, 0) is 0 Å². The van der Waals surface area contributed by atoms with Gasteiger partial charge in [0.25, 0.3) is 5.91 Å². The molecule has 0 aliphatic carbocycles. The molecule has 0 radical (unpaired) electrons. The number of para-hydroxylation sites is 1. The van der Waals surface area contributed by atoms with Crippen molar-refractivity contribution in [1.29, 1.82) is 0 Å². The Labute approximate surface area is 133 Å². The van der Waals surface area contributed by atoms with E-state index in [1.807, 2.05) is 30.3 Å². The minimum absolute atomic E-state index is 0.0166. The maximum Gasteiger partial charge on any atom is 0.278 e. The molecule has 5 nitrogen and oxygen atoms in total. The van der Waals surface area contributed by atoms with Crippen molar-refractivity contribution in [1.82, 2.24) is 4.98 Å². The molecule has 23 heavy (non-hydrogen) atoms. The summed E-state index contributed by atoms with van der Waals surface area (Å²) in [6.07, 6.45) is 1.45. The van der Waals surface area contributed by atoms with Gasteiger partial charge in [0, 0.05) is 11.9 Å². The van der Waals surface area contributed by atoms with Crippen molar-refractivity contribution in [2.45, 2.75) is 0 Å². The Morgan fingerprint density at radius 1 is 0.913 bits per heavy atom. The number of carbonyl (C=O) groups excluding carboxylic acids is 1. The topological polar surface area (TPSA) is 71.5 Å². The van der Waals surface area contributed by atoms with Crippen LogP contribution in [-0.4, -0.2) is 16.0 Å². The van der Waals surface area contributed by atoms with Crippen molar-refractivity contribution in [2.24, 2.45) is 0 Å². The lowest BCUT2D eigenvalue weighted by molar-refractivity contribution is 0.101. The third-order valence-electron chi connectivity index (χ3n) is 3.09. The van der Waals surface area contributed by atoms with E-state index < -0.39 is 5.91 Å². The zero-order valence-electron chi connectivity index (χ0n) is 12.1. The van der Waals surface area contributed by atoms with Gasteiger partial charge < -0.3 is 15.2 Å². The van der Waals surface area contributed by atoms with Crippen molar-refractivity contribution in [3.63, 3.8) is 0 Å². The van der Waals surface area contributed by atoms with Gasteiger partial charge in [0.2, 0.25) is 0 Å². The predicted octanol–water partition coefficient (Wildman–Crippen LogP) is 3.83. The highest BCUT2D eigenvalue weighted by Crippen LogP contribution is 2.23. The van der Waals surface area contributed by atoms with Gasteiger partial charge in [-0.25, -0.2) is 4.98 Å². The van der Waals surface area contributed by atoms with E-state index in [0.29, 0.717) is 11.4 Å². The molecule has 2 N–H and O–H groups in total. The first kappa shape index (κ1) is 14.6. The molecule has 0 saturated heterocycles. The van der Waals surface area contributed by atoms with E-state index in [2.05, 4.69) is 10.3 Å². The molecule has 0 spiro atoms.